The molecule has 5 aliphatic carbocycles. The first-order chi connectivity index (χ1) is 26.8. The van der Waals surface area contributed by atoms with Gasteiger partial charge in [0.2, 0.25) is 0 Å². The van der Waals surface area contributed by atoms with Gasteiger partial charge in [-0.15, -0.1) is 0 Å². The van der Waals surface area contributed by atoms with Crippen molar-refractivity contribution >= 4 is 23.7 Å². The molecule has 2 heterocycles. The molecule has 0 aromatic heterocycles. The minimum atomic E-state index is -2.05. The summed E-state index contributed by atoms with van der Waals surface area (Å²) in [6.07, 6.45) is -12.2. The Labute approximate surface area is 350 Å². The van der Waals surface area contributed by atoms with E-state index in [1.807, 2.05) is 26.8 Å². The maximum absolute atomic E-state index is 14.8. The smallest absolute Gasteiger partial charge is 0.335 e. The Balaban J connectivity index is 0.00000341. The van der Waals surface area contributed by atoms with Gasteiger partial charge in [-0.2, -0.15) is 0 Å². The van der Waals surface area contributed by atoms with E-state index in [1.54, 1.807) is 0 Å². The van der Waals surface area contributed by atoms with Crippen molar-refractivity contribution < 1.29 is 79.0 Å². The first-order valence-corrected chi connectivity index (χ1v) is 20.7. The Morgan fingerprint density at radius 2 is 1.25 bits per heavy atom. The molecule has 342 valence electrons. The van der Waals surface area contributed by atoms with Gasteiger partial charge in [0.05, 0.1) is 11.5 Å². The molecule has 0 aromatic carbocycles. The number of aliphatic carboxylic acids is 3. The second-order valence-electron chi connectivity index (χ2n) is 20.6. The van der Waals surface area contributed by atoms with Crippen molar-refractivity contribution in [3.05, 3.63) is 11.6 Å². The van der Waals surface area contributed by atoms with Crippen LogP contribution in [0.3, 0.4) is 0 Å². The second-order valence-corrected chi connectivity index (χ2v) is 20.6. The fourth-order valence-electron chi connectivity index (χ4n) is 13.4. The predicted octanol–water partition coefficient (Wildman–Crippen LogP) is 2.57. The van der Waals surface area contributed by atoms with E-state index in [0.29, 0.717) is 25.7 Å². The summed E-state index contributed by atoms with van der Waals surface area (Å²) < 4.78 is 23.4. The minimum absolute atomic E-state index is 0. The van der Waals surface area contributed by atoms with Gasteiger partial charge in [-0.3, -0.25) is 9.59 Å². The fourth-order valence-corrected chi connectivity index (χ4v) is 13.4. The lowest BCUT2D eigenvalue weighted by Crippen LogP contribution is -2.68. The van der Waals surface area contributed by atoms with Crippen LogP contribution < -0.4 is 12.3 Å². The van der Waals surface area contributed by atoms with E-state index in [1.165, 1.54) is 0 Å². The van der Waals surface area contributed by atoms with E-state index in [4.69, 9.17) is 18.9 Å². The van der Waals surface area contributed by atoms with Gasteiger partial charge < -0.3 is 72.1 Å². The van der Waals surface area contributed by atoms with Crippen LogP contribution in [-0.2, 0) is 38.1 Å². The molecule has 18 nitrogen and oxygen atoms in total. The number of hydrogen-bond donors (Lipinski definition) is 10. The maximum atomic E-state index is 14.8. The largest absolute Gasteiger partial charge is 0.481 e. The van der Waals surface area contributed by atoms with E-state index in [9.17, 15) is 60.0 Å². The molecule has 0 aromatic rings. The molecular formula is C42H68N2O16. The number of carboxylic acid groups (broad SMARTS) is 3. The molecule has 0 bridgehead atoms. The molecule has 14 N–H and O–H groups in total. The molecule has 18 heteroatoms. The highest BCUT2D eigenvalue weighted by Crippen LogP contribution is 2.75. The van der Waals surface area contributed by atoms with Crippen LogP contribution in [-0.4, -0.2) is 132 Å². The Kier molecular flexibility index (Phi) is 12.8. The van der Waals surface area contributed by atoms with Gasteiger partial charge >= 0.3 is 17.9 Å². The third-order valence-corrected chi connectivity index (χ3v) is 17.2. The number of hydrogen-bond acceptors (Lipinski definition) is 15. The predicted molar refractivity (Wildman–Crippen MR) is 209 cm³/mol. The number of carbonyl (C=O) groups excluding carboxylic acids is 1. The third kappa shape index (κ3) is 6.96. The molecule has 6 fully saturated rings. The first kappa shape index (κ1) is 48.4. The molecule has 4 saturated carbocycles. The van der Waals surface area contributed by atoms with Crippen LogP contribution in [0.2, 0.25) is 0 Å². The third-order valence-electron chi connectivity index (χ3n) is 17.2. The highest BCUT2D eigenvalue weighted by Gasteiger charge is 2.71. The van der Waals surface area contributed by atoms with Crippen molar-refractivity contribution in [2.75, 3.05) is 0 Å². The molecule has 0 amide bonds. The summed E-state index contributed by atoms with van der Waals surface area (Å²) in [4.78, 5) is 51.3. The topological polar surface area (TPSA) is 337 Å². The highest BCUT2D eigenvalue weighted by atomic mass is 16.8. The van der Waals surface area contributed by atoms with E-state index in [-0.39, 0.29) is 46.7 Å². The molecule has 5 unspecified atom stereocenters. The van der Waals surface area contributed by atoms with Crippen LogP contribution in [0, 0.1) is 50.2 Å². The van der Waals surface area contributed by atoms with Crippen molar-refractivity contribution in [1.29, 1.82) is 0 Å². The molecule has 0 spiro atoms. The number of ketones is 1. The maximum Gasteiger partial charge on any atom is 0.335 e. The van der Waals surface area contributed by atoms with Crippen LogP contribution in [0.25, 0.3) is 0 Å². The van der Waals surface area contributed by atoms with E-state index < -0.39 is 107 Å². The molecule has 0 radical (unpaired) electrons. The number of carbonyl (C=O) groups is 4. The van der Waals surface area contributed by atoms with Crippen molar-refractivity contribution in [2.45, 2.75) is 174 Å². The Hall–Kier alpha value is -2.62. The van der Waals surface area contributed by atoms with Gasteiger partial charge in [-0.25, -0.2) is 9.59 Å². The summed E-state index contributed by atoms with van der Waals surface area (Å²) in [5.74, 6) is -4.47. The quantitative estimate of drug-likeness (QED) is 0.164. The van der Waals surface area contributed by atoms with Crippen LogP contribution in [0.1, 0.15) is 106 Å². The van der Waals surface area contributed by atoms with Crippen molar-refractivity contribution in [1.82, 2.24) is 12.3 Å². The van der Waals surface area contributed by atoms with Crippen molar-refractivity contribution in [3.8, 4) is 0 Å². The SMILES string of the molecule is CC1(C)[C@@H](O[C@H]2OC(C(=O)O)C(O)[C@H](O)[C@H]2O[C@@H]2OC(C(=O)O)[C@@H](O)C(O)C2O)CC[C@]2(C)[C@H]3C(=O)C=C4[C@H]5C[C@@](C)(C(=O)O)CC[C@]5(C)CC[C@@]4(C)[C@]3(C)CC[C@@H]12.N.N. The van der Waals surface area contributed by atoms with E-state index >= 15 is 0 Å². The van der Waals surface area contributed by atoms with Crippen molar-refractivity contribution in [3.63, 3.8) is 0 Å². The van der Waals surface area contributed by atoms with Crippen LogP contribution >= 0.6 is 0 Å². The van der Waals surface area contributed by atoms with Gasteiger partial charge in [0.25, 0.3) is 0 Å². The summed E-state index contributed by atoms with van der Waals surface area (Å²) in [6.45, 7) is 14.8. The number of allylic oxidation sites excluding steroid dienone is 2. The summed E-state index contributed by atoms with van der Waals surface area (Å²) in [5.41, 5.74) is -1.81. The van der Waals surface area contributed by atoms with Crippen LogP contribution in [0.15, 0.2) is 11.6 Å². The van der Waals surface area contributed by atoms with E-state index in [2.05, 4.69) is 27.7 Å². The van der Waals surface area contributed by atoms with E-state index in [0.717, 1.165) is 37.7 Å². The molecule has 2 aliphatic heterocycles. The Morgan fingerprint density at radius 1 is 0.683 bits per heavy atom. The minimum Gasteiger partial charge on any atom is -0.481 e. The zero-order valence-electron chi connectivity index (χ0n) is 35.8. The summed E-state index contributed by atoms with van der Waals surface area (Å²) in [7, 11) is 0. The standard InChI is InChI=1S/C42H62O16.2H3N/c1-37(2)21-8-11-42(7)31(20(43)16-18-19-17-39(4,36(53)54)13-12-38(19,3)14-15-41(18,42)6)40(21,5)10-9-22(37)55-35-30(26(47)25(46)29(57-35)33(51)52)58-34-27(48)23(44)24(45)28(56-34)32(49)50;;/h16,19,21-31,34-35,44-48H,8-15,17H2,1-7H3,(H,49,50)(H,51,52)(H,53,54);2*1H3/t19-,21+,22+,23?,24+,25?,26+,27?,28?,29?,30-,31-,34+,35+,38-,39+,40+,41-,42-;;/m1../s1. The lowest BCUT2D eigenvalue weighted by Gasteiger charge is -2.70. The summed E-state index contributed by atoms with van der Waals surface area (Å²) in [5, 5.41) is 83.0. The zero-order chi connectivity index (χ0) is 42.9. The zero-order valence-corrected chi connectivity index (χ0v) is 35.8. The number of fused-ring (bicyclic) bond motifs is 7. The summed E-state index contributed by atoms with van der Waals surface area (Å²) in [6, 6.07) is 0. The van der Waals surface area contributed by atoms with Crippen LogP contribution in [0.4, 0.5) is 0 Å². The lowest BCUT2D eigenvalue weighted by molar-refractivity contribution is -0.371. The molecule has 7 rings (SSSR count). The van der Waals surface area contributed by atoms with Gasteiger partial charge in [-0.1, -0.05) is 47.1 Å². The molecule has 60 heavy (non-hydrogen) atoms. The Bertz CT molecular complexity index is 1740. The number of aliphatic hydroxyl groups excluding tert-OH is 5. The molecule has 7 aliphatic rings. The monoisotopic (exact) mass is 856 g/mol. The second kappa shape index (κ2) is 15.9. The molecular weight excluding hydrogens is 788 g/mol. The molecule has 2 saturated heterocycles. The Morgan fingerprint density at radius 3 is 1.83 bits per heavy atom. The number of aliphatic hydroxyl groups is 5. The highest BCUT2D eigenvalue weighted by molar-refractivity contribution is 5.95. The van der Waals surface area contributed by atoms with Gasteiger partial charge in [0, 0.05) is 5.92 Å². The lowest BCUT2D eigenvalue weighted by atomic mass is 9.33. The number of carboxylic acids is 3. The normalized spacial score (nSPS) is 50.8. The first-order valence-electron chi connectivity index (χ1n) is 20.7. The van der Waals surface area contributed by atoms with Crippen molar-refractivity contribution in [2.24, 2.45) is 50.2 Å². The van der Waals surface area contributed by atoms with Crippen LogP contribution in [0.5, 0.6) is 0 Å². The average molecular weight is 857 g/mol. The fraction of sp³-hybridized carbons (Fsp3) is 0.857. The average Bonchev–Trinajstić information content (AvgIpc) is 3.13. The van der Waals surface area contributed by atoms with Gasteiger partial charge in [0.15, 0.2) is 30.6 Å². The number of rotatable bonds is 7. The summed E-state index contributed by atoms with van der Waals surface area (Å²) >= 11 is 0. The number of ether oxygens (including phenoxy) is 4. The van der Waals surface area contributed by atoms with Gasteiger partial charge in [-0.05, 0) is 110 Å². The molecule has 19 atom stereocenters. The van der Waals surface area contributed by atoms with Gasteiger partial charge in [0.1, 0.15) is 36.6 Å².